The number of methoxy groups -OCH3 is 3. The van der Waals surface area contributed by atoms with E-state index in [2.05, 4.69) is 6.92 Å². The lowest BCUT2D eigenvalue weighted by Crippen LogP contribution is -2.76. The zero-order valence-corrected chi connectivity index (χ0v) is 39.5. The third-order valence-electron chi connectivity index (χ3n) is 17.6. The van der Waals surface area contributed by atoms with Gasteiger partial charge in [0.1, 0.15) is 48.0 Å². The smallest absolute Gasteiger partial charge is 0.338 e. The Kier molecular flexibility index (Phi) is 14.4. The molecule has 22 atom stereocenters. The van der Waals surface area contributed by atoms with E-state index in [1.807, 2.05) is 26.8 Å². The van der Waals surface area contributed by atoms with Crippen LogP contribution in [0.3, 0.4) is 0 Å². The van der Waals surface area contributed by atoms with Crippen molar-refractivity contribution in [2.45, 2.75) is 209 Å². The van der Waals surface area contributed by atoms with Crippen molar-refractivity contribution in [2.75, 3.05) is 21.3 Å². The van der Waals surface area contributed by atoms with Gasteiger partial charge in [-0.1, -0.05) is 32.0 Å². The molecule has 0 spiro atoms. The van der Waals surface area contributed by atoms with Gasteiger partial charge in [0.25, 0.3) is 0 Å². The lowest BCUT2D eigenvalue weighted by molar-refractivity contribution is -0.352. The van der Waals surface area contributed by atoms with Crippen molar-refractivity contribution >= 4 is 11.8 Å². The molecule has 1 aromatic carbocycles. The van der Waals surface area contributed by atoms with Crippen LogP contribution in [0.5, 0.6) is 0 Å². The number of carbonyl (C=O) groups excluding carboxylic acids is 2. The monoisotopic (exact) mass is 918 g/mol. The van der Waals surface area contributed by atoms with Crippen LogP contribution in [0.2, 0.25) is 0 Å². The summed E-state index contributed by atoms with van der Waals surface area (Å²) in [6.07, 6.45) is -4.89. The van der Waals surface area contributed by atoms with Gasteiger partial charge in [-0.25, -0.2) is 4.79 Å². The second-order valence-corrected chi connectivity index (χ2v) is 20.7. The van der Waals surface area contributed by atoms with Crippen LogP contribution in [-0.4, -0.2) is 157 Å². The number of carbonyl (C=O) groups is 2. The van der Waals surface area contributed by atoms with Gasteiger partial charge in [-0.3, -0.25) is 4.79 Å². The molecule has 1 aromatic rings. The average Bonchev–Trinajstić information content (AvgIpc) is 3.58. The molecule has 16 nitrogen and oxygen atoms in total. The van der Waals surface area contributed by atoms with Crippen molar-refractivity contribution in [2.24, 2.45) is 28.6 Å². The van der Waals surface area contributed by atoms with Crippen molar-refractivity contribution in [1.29, 1.82) is 0 Å². The summed E-state index contributed by atoms with van der Waals surface area (Å²) in [6.45, 7) is 11.1. The number of benzene rings is 1. The van der Waals surface area contributed by atoms with E-state index in [0.717, 1.165) is 12.8 Å². The number of ketones is 1. The molecule has 65 heavy (non-hydrogen) atoms. The molecule has 8 rings (SSSR count). The van der Waals surface area contributed by atoms with Crippen LogP contribution in [0, 0.1) is 28.6 Å². The maximum Gasteiger partial charge on any atom is 0.338 e. The number of aliphatic hydroxyl groups is 4. The minimum Gasteiger partial charge on any atom is -0.458 e. The molecule has 4 saturated carbocycles. The fourth-order valence-corrected chi connectivity index (χ4v) is 13.9. The van der Waals surface area contributed by atoms with Crippen molar-refractivity contribution in [3.8, 4) is 0 Å². The zero-order valence-electron chi connectivity index (χ0n) is 39.5. The average molecular weight is 919 g/mol. The first-order chi connectivity index (χ1) is 30.8. The van der Waals surface area contributed by atoms with E-state index >= 15 is 0 Å². The number of fused-ring (bicyclic) bond motifs is 5. The number of hydrogen-bond donors (Lipinski definition) is 4. The molecule has 366 valence electrons. The summed E-state index contributed by atoms with van der Waals surface area (Å²) in [5.41, 5.74) is -4.26. The lowest BCUT2D eigenvalue weighted by Gasteiger charge is -2.68. The van der Waals surface area contributed by atoms with Crippen LogP contribution in [0.4, 0.5) is 0 Å². The van der Waals surface area contributed by atoms with E-state index in [9.17, 15) is 30.0 Å². The van der Waals surface area contributed by atoms with Crippen molar-refractivity contribution in [1.82, 2.24) is 0 Å². The van der Waals surface area contributed by atoms with Gasteiger partial charge in [0.05, 0.1) is 47.8 Å². The maximum atomic E-state index is 13.7. The van der Waals surface area contributed by atoms with Gasteiger partial charge >= 0.3 is 5.97 Å². The van der Waals surface area contributed by atoms with E-state index in [4.69, 9.17) is 47.4 Å². The van der Waals surface area contributed by atoms with E-state index < -0.39 is 114 Å². The molecular formula is C49H74O16. The van der Waals surface area contributed by atoms with Crippen LogP contribution < -0.4 is 0 Å². The number of hydrogen-bond acceptors (Lipinski definition) is 16. The highest BCUT2D eigenvalue weighted by Gasteiger charge is 2.78. The highest BCUT2D eigenvalue weighted by atomic mass is 16.8. The van der Waals surface area contributed by atoms with Crippen molar-refractivity contribution in [3.63, 3.8) is 0 Å². The molecule has 7 fully saturated rings. The zero-order chi connectivity index (χ0) is 46.8. The van der Waals surface area contributed by atoms with Gasteiger partial charge in [-0.2, -0.15) is 0 Å². The molecule has 0 bridgehead atoms. The fraction of sp³-hybridized carbons (Fsp3) is 0.837. The van der Waals surface area contributed by atoms with Crippen LogP contribution in [0.15, 0.2) is 30.3 Å². The van der Waals surface area contributed by atoms with Gasteiger partial charge in [0.2, 0.25) is 0 Å². The number of ether oxygens (including phenoxy) is 10. The Balaban J connectivity index is 0.904. The maximum absolute atomic E-state index is 13.7. The molecule has 0 aromatic heterocycles. The largest absolute Gasteiger partial charge is 0.458 e. The molecule has 4 N–H and O–H groups in total. The Morgan fingerprint density at radius 1 is 0.692 bits per heavy atom. The summed E-state index contributed by atoms with van der Waals surface area (Å²) >= 11 is 0. The molecule has 0 amide bonds. The van der Waals surface area contributed by atoms with Crippen LogP contribution in [0.25, 0.3) is 0 Å². The lowest BCUT2D eigenvalue weighted by atomic mass is 9.40. The summed E-state index contributed by atoms with van der Waals surface area (Å²) in [5.74, 6) is -1.36. The van der Waals surface area contributed by atoms with Crippen LogP contribution in [0.1, 0.15) is 116 Å². The highest BCUT2D eigenvalue weighted by Crippen LogP contribution is 2.71. The summed E-state index contributed by atoms with van der Waals surface area (Å²) in [7, 11) is 4.65. The molecule has 3 saturated heterocycles. The quantitative estimate of drug-likeness (QED) is 0.171. The van der Waals surface area contributed by atoms with Crippen molar-refractivity contribution in [3.05, 3.63) is 35.9 Å². The van der Waals surface area contributed by atoms with Gasteiger partial charge in [-0.05, 0) is 108 Å². The number of aliphatic hydroxyl groups excluding tert-OH is 2. The van der Waals surface area contributed by atoms with Gasteiger partial charge in [0, 0.05) is 45.5 Å². The minimum atomic E-state index is -1.63. The Morgan fingerprint density at radius 3 is 1.94 bits per heavy atom. The normalized spacial score (nSPS) is 49.9. The van der Waals surface area contributed by atoms with Crippen molar-refractivity contribution < 1.29 is 77.4 Å². The SMILES string of the molecule is CO[C@H]1[C@@H](O)[C@H](O[C@H]2[C@@H](OC)C[C@H](O[C@H]3[C@@H](OC)C[C@H](O[C@H]4CC[C@@]5(C)[C@H](CC[C@]6(O)[C@@H]5C[C@@H](OC(=O)c5ccccc5)[C@]5(C)[C@@H](C(C)=O)CC[C@@]56O)C4)O[C@@H]3C)O[C@@H]2C)O[C@H](C)[C@H]1O. The summed E-state index contributed by atoms with van der Waals surface area (Å²) in [4.78, 5) is 26.9. The molecule has 4 aliphatic carbocycles. The minimum absolute atomic E-state index is 0.0700. The van der Waals surface area contributed by atoms with E-state index in [-0.39, 0.29) is 36.2 Å². The first-order valence-electron chi connectivity index (χ1n) is 23.9. The summed E-state index contributed by atoms with van der Waals surface area (Å²) < 4.78 is 61.9. The summed E-state index contributed by atoms with van der Waals surface area (Å²) in [6, 6.07) is 8.79. The molecule has 7 aliphatic rings. The number of esters is 1. The second kappa shape index (κ2) is 19.0. The van der Waals surface area contributed by atoms with E-state index in [1.54, 1.807) is 45.4 Å². The first kappa shape index (κ1) is 49.3. The Bertz CT molecular complexity index is 1820. The molecule has 16 heteroatoms. The van der Waals surface area contributed by atoms with Crippen LogP contribution in [-0.2, 0) is 52.2 Å². The molecular weight excluding hydrogens is 845 g/mol. The van der Waals surface area contributed by atoms with Gasteiger partial charge in [-0.15, -0.1) is 0 Å². The van der Waals surface area contributed by atoms with Crippen LogP contribution >= 0.6 is 0 Å². The van der Waals surface area contributed by atoms with Gasteiger partial charge < -0.3 is 67.8 Å². The molecule has 0 radical (unpaired) electrons. The molecule has 3 aliphatic heterocycles. The van der Waals surface area contributed by atoms with E-state index in [1.165, 1.54) is 14.0 Å². The Labute approximate surface area is 383 Å². The fourth-order valence-electron chi connectivity index (χ4n) is 13.9. The molecule has 0 unspecified atom stereocenters. The molecule has 3 heterocycles. The summed E-state index contributed by atoms with van der Waals surface area (Å²) in [5, 5.41) is 47.2. The van der Waals surface area contributed by atoms with Gasteiger partial charge in [0.15, 0.2) is 18.9 Å². The number of Topliss-reactive ketones (excluding diaryl/α,β-unsaturated/α-hetero) is 1. The standard InChI is InChI=1S/C49H74O16/c1-25(50)32-17-20-49(55)47(32,6)36(63-44(53)29-13-11-10-12-14-29)24-35-46(5)18-16-31(21-30(46)15-19-48(35,49)54)62-37-22-33(56-7)41(27(3)59-37)64-38-23-34(57-8)42(28(4)60-38)65-45-40(52)43(58-9)39(51)26(2)61-45/h10-14,26-28,30-43,45,51-52,54-55H,15-24H2,1-9H3/t26-,27-,28-,30-,31+,32-,33+,34+,35-,36-,37+,38+,39-,40-,41-,42-,43-,45+,46+,47+,48+,49-/m1/s1. The van der Waals surface area contributed by atoms with E-state index in [0.29, 0.717) is 50.5 Å². The highest BCUT2D eigenvalue weighted by molar-refractivity contribution is 5.89. The third-order valence-corrected chi connectivity index (χ3v) is 17.6. The second-order valence-electron chi connectivity index (χ2n) is 20.7. The topological polar surface area (TPSA) is 207 Å². The Morgan fingerprint density at radius 2 is 1.32 bits per heavy atom. The predicted octanol–water partition coefficient (Wildman–Crippen LogP) is 4.24. The first-order valence-corrected chi connectivity index (χ1v) is 23.9. The Hall–Kier alpha value is -2.16. The third kappa shape index (κ3) is 8.45. The number of rotatable bonds is 12. The predicted molar refractivity (Wildman–Crippen MR) is 231 cm³/mol.